The standard InChI is InChI=1S/C15H24N4O2/c1-10-12(9-16-18-10)13(20)17-11-5-7-19(8-6-11)14(21)15(2,3)4/h9,11H,5-8H2,1-4H3,(H,16,18)(H,17,20). The Bertz CT molecular complexity index is 522. The SMILES string of the molecule is Cc1[nH]ncc1C(=O)NC1CCN(C(=O)C(C)(C)C)CC1. The van der Waals surface area contributed by atoms with E-state index >= 15 is 0 Å². The van der Waals surface area contributed by atoms with Gasteiger partial charge in [-0.3, -0.25) is 14.7 Å². The Morgan fingerprint density at radius 3 is 2.43 bits per heavy atom. The number of rotatable bonds is 2. The second-order valence-electron chi connectivity index (χ2n) is 6.70. The highest BCUT2D eigenvalue weighted by atomic mass is 16.2. The number of aromatic amines is 1. The smallest absolute Gasteiger partial charge is 0.254 e. The highest BCUT2D eigenvalue weighted by molar-refractivity contribution is 5.95. The largest absolute Gasteiger partial charge is 0.349 e. The van der Waals surface area contributed by atoms with Crippen LogP contribution in [-0.2, 0) is 4.79 Å². The van der Waals surface area contributed by atoms with Crippen molar-refractivity contribution >= 4 is 11.8 Å². The van der Waals surface area contributed by atoms with Gasteiger partial charge in [0.05, 0.1) is 11.8 Å². The molecule has 6 nitrogen and oxygen atoms in total. The van der Waals surface area contributed by atoms with Gasteiger partial charge in [0.15, 0.2) is 0 Å². The minimum atomic E-state index is -0.343. The lowest BCUT2D eigenvalue weighted by atomic mass is 9.93. The van der Waals surface area contributed by atoms with Crippen LogP contribution in [0.25, 0.3) is 0 Å². The van der Waals surface area contributed by atoms with E-state index in [1.807, 2.05) is 32.6 Å². The van der Waals surface area contributed by atoms with Crippen LogP contribution >= 0.6 is 0 Å². The summed E-state index contributed by atoms with van der Waals surface area (Å²) in [5.41, 5.74) is 1.01. The quantitative estimate of drug-likeness (QED) is 0.866. The molecule has 2 amide bonds. The van der Waals surface area contributed by atoms with Crippen molar-refractivity contribution in [1.29, 1.82) is 0 Å². The van der Waals surface area contributed by atoms with Gasteiger partial charge in [-0.1, -0.05) is 20.8 Å². The predicted octanol–water partition coefficient (Wildman–Crippen LogP) is 1.49. The molecule has 6 heteroatoms. The van der Waals surface area contributed by atoms with Crippen molar-refractivity contribution in [3.05, 3.63) is 17.5 Å². The Morgan fingerprint density at radius 2 is 1.95 bits per heavy atom. The minimum absolute atomic E-state index is 0.0955. The fraction of sp³-hybridized carbons (Fsp3) is 0.667. The Kier molecular flexibility index (Phi) is 4.34. The van der Waals surface area contributed by atoms with Crippen LogP contribution in [0.3, 0.4) is 0 Å². The molecule has 2 rings (SSSR count). The Hall–Kier alpha value is -1.85. The molecule has 2 heterocycles. The molecule has 0 atom stereocenters. The molecule has 21 heavy (non-hydrogen) atoms. The summed E-state index contributed by atoms with van der Waals surface area (Å²) < 4.78 is 0. The van der Waals surface area contributed by atoms with Gasteiger partial charge < -0.3 is 10.2 Å². The summed E-state index contributed by atoms with van der Waals surface area (Å²) in [6.07, 6.45) is 3.14. The van der Waals surface area contributed by atoms with E-state index in [-0.39, 0.29) is 23.3 Å². The van der Waals surface area contributed by atoms with E-state index in [1.54, 1.807) is 6.20 Å². The van der Waals surface area contributed by atoms with E-state index in [0.717, 1.165) is 18.5 Å². The number of nitrogens with one attached hydrogen (secondary N) is 2. The molecule has 1 aromatic heterocycles. The van der Waals surface area contributed by atoms with Crippen molar-refractivity contribution in [2.45, 2.75) is 46.6 Å². The molecule has 0 radical (unpaired) electrons. The summed E-state index contributed by atoms with van der Waals surface area (Å²) in [4.78, 5) is 26.2. The summed E-state index contributed by atoms with van der Waals surface area (Å²) >= 11 is 0. The van der Waals surface area contributed by atoms with E-state index in [1.165, 1.54) is 0 Å². The van der Waals surface area contributed by atoms with E-state index in [9.17, 15) is 9.59 Å². The first kappa shape index (κ1) is 15.5. The topological polar surface area (TPSA) is 78.1 Å². The molecular formula is C15H24N4O2. The molecule has 1 fully saturated rings. The second-order valence-corrected chi connectivity index (χ2v) is 6.70. The number of hydrogen-bond acceptors (Lipinski definition) is 3. The zero-order valence-electron chi connectivity index (χ0n) is 13.2. The number of hydrogen-bond donors (Lipinski definition) is 2. The van der Waals surface area contributed by atoms with Gasteiger partial charge in [0, 0.05) is 30.2 Å². The van der Waals surface area contributed by atoms with Gasteiger partial charge >= 0.3 is 0 Å². The summed E-state index contributed by atoms with van der Waals surface area (Å²) in [5, 5.41) is 9.64. The summed E-state index contributed by atoms with van der Waals surface area (Å²) in [7, 11) is 0. The normalized spacial score (nSPS) is 16.9. The molecule has 2 N–H and O–H groups in total. The first-order chi connectivity index (χ1) is 9.79. The maximum atomic E-state index is 12.2. The average molecular weight is 292 g/mol. The third-order valence-corrected chi connectivity index (χ3v) is 3.83. The number of piperidine rings is 1. The van der Waals surface area contributed by atoms with E-state index in [2.05, 4.69) is 15.5 Å². The highest BCUT2D eigenvalue weighted by Crippen LogP contribution is 2.21. The third-order valence-electron chi connectivity index (χ3n) is 3.83. The van der Waals surface area contributed by atoms with Crippen molar-refractivity contribution in [2.75, 3.05) is 13.1 Å². The van der Waals surface area contributed by atoms with E-state index < -0.39 is 0 Å². The minimum Gasteiger partial charge on any atom is -0.349 e. The Labute approximate surface area is 125 Å². The summed E-state index contributed by atoms with van der Waals surface area (Å²) in [6, 6.07) is 0.121. The van der Waals surface area contributed by atoms with Crippen LogP contribution in [0.2, 0.25) is 0 Å². The maximum absolute atomic E-state index is 12.2. The van der Waals surface area contributed by atoms with Gasteiger partial charge in [-0.25, -0.2) is 0 Å². The van der Waals surface area contributed by atoms with Gasteiger partial charge in [0.1, 0.15) is 0 Å². The number of H-pyrrole nitrogens is 1. The van der Waals surface area contributed by atoms with Crippen molar-refractivity contribution in [1.82, 2.24) is 20.4 Å². The maximum Gasteiger partial charge on any atom is 0.254 e. The number of carbonyl (C=O) groups excluding carboxylic acids is 2. The van der Waals surface area contributed by atoms with Crippen LogP contribution in [0.15, 0.2) is 6.20 Å². The van der Waals surface area contributed by atoms with Gasteiger partial charge in [-0.05, 0) is 19.8 Å². The van der Waals surface area contributed by atoms with Gasteiger partial charge in [0.25, 0.3) is 5.91 Å². The second kappa shape index (κ2) is 5.87. The molecule has 1 aromatic rings. The molecule has 0 unspecified atom stereocenters. The molecule has 0 spiro atoms. The van der Waals surface area contributed by atoms with Crippen LogP contribution < -0.4 is 5.32 Å². The van der Waals surface area contributed by atoms with Crippen molar-refractivity contribution in [3.8, 4) is 0 Å². The number of amides is 2. The molecule has 116 valence electrons. The lowest BCUT2D eigenvalue weighted by Gasteiger charge is -2.36. The van der Waals surface area contributed by atoms with Crippen LogP contribution in [-0.4, -0.2) is 46.0 Å². The van der Waals surface area contributed by atoms with Crippen LogP contribution in [0.4, 0.5) is 0 Å². The number of carbonyl (C=O) groups is 2. The monoisotopic (exact) mass is 292 g/mol. The zero-order valence-corrected chi connectivity index (χ0v) is 13.2. The fourth-order valence-electron chi connectivity index (χ4n) is 2.54. The molecule has 0 saturated carbocycles. The number of nitrogens with zero attached hydrogens (tertiary/aromatic N) is 2. The fourth-order valence-corrected chi connectivity index (χ4v) is 2.54. The van der Waals surface area contributed by atoms with E-state index in [0.29, 0.717) is 18.7 Å². The van der Waals surface area contributed by atoms with Gasteiger partial charge in [-0.2, -0.15) is 5.10 Å². The van der Waals surface area contributed by atoms with Crippen LogP contribution in [0.5, 0.6) is 0 Å². The molecule has 1 aliphatic rings. The van der Waals surface area contributed by atoms with Crippen LogP contribution in [0.1, 0.15) is 49.7 Å². The zero-order chi connectivity index (χ0) is 15.6. The molecule has 0 aromatic carbocycles. The first-order valence-electron chi connectivity index (χ1n) is 7.39. The molecule has 0 bridgehead atoms. The molecule has 1 saturated heterocycles. The Morgan fingerprint density at radius 1 is 1.33 bits per heavy atom. The molecule has 1 aliphatic heterocycles. The summed E-state index contributed by atoms with van der Waals surface area (Å²) in [6.45, 7) is 9.03. The third kappa shape index (κ3) is 3.62. The van der Waals surface area contributed by atoms with Crippen molar-refractivity contribution in [2.24, 2.45) is 5.41 Å². The van der Waals surface area contributed by atoms with E-state index in [4.69, 9.17) is 0 Å². The number of aryl methyl sites for hydroxylation is 1. The lowest BCUT2D eigenvalue weighted by molar-refractivity contribution is -0.140. The number of aromatic nitrogens is 2. The first-order valence-corrected chi connectivity index (χ1v) is 7.39. The highest BCUT2D eigenvalue weighted by Gasteiger charge is 2.30. The molecule has 0 aliphatic carbocycles. The molecular weight excluding hydrogens is 268 g/mol. The van der Waals surface area contributed by atoms with Gasteiger partial charge in [-0.15, -0.1) is 0 Å². The predicted molar refractivity (Wildman–Crippen MR) is 79.8 cm³/mol. The Balaban J connectivity index is 1.86. The van der Waals surface area contributed by atoms with Crippen molar-refractivity contribution in [3.63, 3.8) is 0 Å². The average Bonchev–Trinajstić information content (AvgIpc) is 2.84. The lowest BCUT2D eigenvalue weighted by Crippen LogP contribution is -2.49. The van der Waals surface area contributed by atoms with Crippen LogP contribution in [0, 0.1) is 12.3 Å². The number of likely N-dealkylation sites (tertiary alicyclic amines) is 1. The summed E-state index contributed by atoms with van der Waals surface area (Å²) in [5.74, 6) is 0.0832. The van der Waals surface area contributed by atoms with Gasteiger partial charge in [0.2, 0.25) is 5.91 Å². The van der Waals surface area contributed by atoms with Crippen molar-refractivity contribution < 1.29 is 9.59 Å².